The lowest BCUT2D eigenvalue weighted by molar-refractivity contribution is -0.113. The summed E-state index contributed by atoms with van der Waals surface area (Å²) in [7, 11) is 0. The van der Waals surface area contributed by atoms with E-state index in [1.165, 1.54) is 0 Å². The molecule has 28 heavy (non-hydrogen) atoms. The van der Waals surface area contributed by atoms with E-state index in [4.69, 9.17) is 11.1 Å². The van der Waals surface area contributed by atoms with Gasteiger partial charge in [-0.1, -0.05) is 65.7 Å². The van der Waals surface area contributed by atoms with E-state index in [2.05, 4.69) is 27.0 Å². The highest BCUT2D eigenvalue weighted by Crippen LogP contribution is 2.33. The Labute approximate surface area is 162 Å². The summed E-state index contributed by atoms with van der Waals surface area (Å²) in [5, 5.41) is 7.11. The summed E-state index contributed by atoms with van der Waals surface area (Å²) in [6, 6.07) is 14.2. The normalized spacial score (nSPS) is 19.2. The summed E-state index contributed by atoms with van der Waals surface area (Å²) >= 11 is 0. The highest BCUT2D eigenvalue weighted by atomic mass is 16.1. The minimum atomic E-state index is 0.0528. The summed E-state index contributed by atoms with van der Waals surface area (Å²) < 4.78 is 0. The average molecular weight is 370 g/mol. The first-order valence-electron chi connectivity index (χ1n) is 8.88. The molecule has 1 aliphatic rings. The zero-order chi connectivity index (χ0) is 19.9. The van der Waals surface area contributed by atoms with Crippen molar-refractivity contribution in [2.45, 2.75) is 19.8 Å². The van der Waals surface area contributed by atoms with Crippen molar-refractivity contribution < 1.29 is 4.79 Å². The fraction of sp³-hybridized carbons (Fsp3) is 0.190. The first-order chi connectivity index (χ1) is 13.6. The lowest BCUT2D eigenvalue weighted by Crippen LogP contribution is -2.19. The van der Waals surface area contributed by atoms with Gasteiger partial charge in [0.05, 0.1) is 0 Å². The van der Waals surface area contributed by atoms with E-state index in [0.717, 1.165) is 35.1 Å². The second kappa shape index (κ2) is 8.73. The van der Waals surface area contributed by atoms with Crippen LogP contribution >= 0.6 is 0 Å². The van der Waals surface area contributed by atoms with Crippen LogP contribution in [0, 0.1) is 5.92 Å². The summed E-state index contributed by atoms with van der Waals surface area (Å²) in [4.78, 5) is 18.5. The van der Waals surface area contributed by atoms with Crippen LogP contribution in [0.15, 0.2) is 69.9 Å². The highest BCUT2D eigenvalue weighted by molar-refractivity contribution is 6.14. The largest absolute Gasteiger partial charge is 0.289 e. The molecule has 3 rings (SSSR count). The van der Waals surface area contributed by atoms with E-state index in [9.17, 15) is 4.79 Å². The zero-order valence-corrected chi connectivity index (χ0v) is 15.4. The fourth-order valence-electron chi connectivity index (χ4n) is 3.15. The third-order valence-corrected chi connectivity index (χ3v) is 4.70. The quantitative estimate of drug-likeness (QED) is 0.244. The van der Waals surface area contributed by atoms with Crippen molar-refractivity contribution >= 4 is 29.3 Å². The number of benzene rings is 2. The molecule has 0 radical (unpaired) electrons. The third kappa shape index (κ3) is 4.48. The molecule has 1 atom stereocenters. The zero-order valence-electron chi connectivity index (χ0n) is 15.4. The molecule has 1 unspecified atom stereocenters. The van der Waals surface area contributed by atoms with Crippen LogP contribution in [0.25, 0.3) is 33.0 Å². The van der Waals surface area contributed by atoms with Crippen LogP contribution in [0.4, 0.5) is 11.4 Å². The van der Waals surface area contributed by atoms with Crippen LogP contribution in [0.2, 0.25) is 0 Å². The molecule has 0 saturated heterocycles. The maximum absolute atomic E-state index is 13.0. The van der Waals surface area contributed by atoms with Crippen LogP contribution in [0.1, 0.15) is 30.9 Å². The molecule has 138 valence electrons. The number of hydrogen-bond donors (Lipinski definition) is 0. The predicted octanol–water partition coefficient (Wildman–Crippen LogP) is 7.04. The van der Waals surface area contributed by atoms with Crippen molar-refractivity contribution in [3.63, 3.8) is 0 Å². The Balaban J connectivity index is 1.87. The number of allylic oxidation sites excluding steroid dienone is 2. The van der Waals surface area contributed by atoms with E-state index >= 15 is 0 Å². The molecule has 1 aliphatic carbocycles. The standard InChI is InChI=1S/C21H18N6O/c1-14-2-7-17(12-15-3-8-18(9-4-15)24-26-22)21(28)20(14)13-16-5-10-19(11-6-16)25-27-23/h3-6,8-14H,2,7H2,1H3. The first-order valence-corrected chi connectivity index (χ1v) is 8.88. The van der Waals surface area contributed by atoms with Gasteiger partial charge in [0.15, 0.2) is 5.78 Å². The van der Waals surface area contributed by atoms with Gasteiger partial charge in [-0.25, -0.2) is 0 Å². The Morgan fingerprint density at radius 2 is 1.39 bits per heavy atom. The number of ketones is 1. The van der Waals surface area contributed by atoms with Gasteiger partial charge in [-0.3, -0.25) is 4.79 Å². The third-order valence-electron chi connectivity index (χ3n) is 4.70. The van der Waals surface area contributed by atoms with Gasteiger partial charge in [0, 0.05) is 32.3 Å². The molecule has 2 aromatic rings. The second-order valence-electron chi connectivity index (χ2n) is 6.60. The van der Waals surface area contributed by atoms with E-state index in [-0.39, 0.29) is 11.7 Å². The number of nitrogens with zero attached hydrogens (tertiary/aromatic N) is 6. The Kier molecular flexibility index (Phi) is 5.92. The second-order valence-corrected chi connectivity index (χ2v) is 6.60. The number of carbonyl (C=O) groups is 1. The molecule has 7 heteroatoms. The van der Waals surface area contributed by atoms with E-state index in [1.54, 1.807) is 24.3 Å². The Hall–Kier alpha value is -3.79. The molecule has 0 N–H and O–H groups in total. The van der Waals surface area contributed by atoms with Crippen molar-refractivity contribution in [1.29, 1.82) is 0 Å². The van der Waals surface area contributed by atoms with Crippen molar-refractivity contribution in [2.24, 2.45) is 16.1 Å². The predicted molar refractivity (Wildman–Crippen MR) is 110 cm³/mol. The molecular formula is C21H18N6O. The molecule has 0 bridgehead atoms. The number of rotatable bonds is 4. The molecule has 0 aromatic heterocycles. The molecule has 1 fully saturated rings. The van der Waals surface area contributed by atoms with Crippen LogP contribution in [-0.4, -0.2) is 5.78 Å². The van der Waals surface area contributed by atoms with Crippen LogP contribution < -0.4 is 0 Å². The lowest BCUT2D eigenvalue weighted by Gasteiger charge is -2.23. The molecule has 0 aliphatic heterocycles. The van der Waals surface area contributed by atoms with Crippen LogP contribution in [0.3, 0.4) is 0 Å². The maximum atomic E-state index is 13.0. The minimum Gasteiger partial charge on any atom is -0.289 e. The van der Waals surface area contributed by atoms with E-state index in [1.807, 2.05) is 36.4 Å². The van der Waals surface area contributed by atoms with Crippen LogP contribution in [0.5, 0.6) is 0 Å². The number of carbonyl (C=O) groups excluding carboxylic acids is 1. The molecule has 7 nitrogen and oxygen atoms in total. The summed E-state index contributed by atoms with van der Waals surface area (Å²) in [6.07, 6.45) is 5.43. The topological polar surface area (TPSA) is 115 Å². The monoisotopic (exact) mass is 370 g/mol. The lowest BCUT2D eigenvalue weighted by atomic mass is 9.80. The van der Waals surface area contributed by atoms with Crippen LogP contribution in [-0.2, 0) is 4.79 Å². The number of hydrogen-bond acceptors (Lipinski definition) is 3. The first kappa shape index (κ1) is 19.0. The maximum Gasteiger partial charge on any atom is 0.185 e. The van der Waals surface area contributed by atoms with Gasteiger partial charge in [0.2, 0.25) is 0 Å². The van der Waals surface area contributed by atoms with Gasteiger partial charge < -0.3 is 0 Å². The van der Waals surface area contributed by atoms with E-state index < -0.39 is 0 Å². The number of Topliss-reactive ketones (excluding diaryl/α,β-unsaturated/α-hetero) is 1. The fourth-order valence-corrected chi connectivity index (χ4v) is 3.15. The van der Waals surface area contributed by atoms with Crippen molar-refractivity contribution in [3.05, 3.63) is 91.7 Å². The molecule has 1 saturated carbocycles. The van der Waals surface area contributed by atoms with Gasteiger partial charge in [0.1, 0.15) is 0 Å². The molecule has 2 aromatic carbocycles. The van der Waals surface area contributed by atoms with Gasteiger partial charge in [0.25, 0.3) is 0 Å². The summed E-state index contributed by atoms with van der Waals surface area (Å²) in [6.45, 7) is 2.06. The summed E-state index contributed by atoms with van der Waals surface area (Å²) in [5.74, 6) is 0.228. The number of azide groups is 2. The van der Waals surface area contributed by atoms with Gasteiger partial charge in [-0.2, -0.15) is 0 Å². The average Bonchev–Trinajstić information content (AvgIpc) is 2.70. The Morgan fingerprint density at radius 3 is 1.89 bits per heavy atom. The SMILES string of the molecule is CC1CCC(=Cc2ccc(N=[N+]=[N-])cc2)C(=O)C1=Cc1ccc(N=[N+]=[N-])cc1. The Bertz CT molecular complexity index is 1040. The smallest absolute Gasteiger partial charge is 0.185 e. The molecule has 0 heterocycles. The van der Waals surface area contributed by atoms with Gasteiger partial charge in [-0.15, -0.1) is 0 Å². The molecular weight excluding hydrogens is 352 g/mol. The highest BCUT2D eigenvalue weighted by Gasteiger charge is 2.26. The van der Waals surface area contributed by atoms with Gasteiger partial charge in [-0.05, 0) is 53.1 Å². The molecule has 0 spiro atoms. The van der Waals surface area contributed by atoms with Crippen molar-refractivity contribution in [1.82, 2.24) is 0 Å². The van der Waals surface area contributed by atoms with Crippen molar-refractivity contribution in [3.8, 4) is 0 Å². The molecule has 0 amide bonds. The Morgan fingerprint density at radius 1 is 0.893 bits per heavy atom. The van der Waals surface area contributed by atoms with Gasteiger partial charge >= 0.3 is 0 Å². The van der Waals surface area contributed by atoms with E-state index in [0.29, 0.717) is 11.4 Å². The minimum absolute atomic E-state index is 0.0528. The van der Waals surface area contributed by atoms with Crippen molar-refractivity contribution in [2.75, 3.05) is 0 Å². The summed E-state index contributed by atoms with van der Waals surface area (Å²) in [5.41, 5.74) is 21.4.